The summed E-state index contributed by atoms with van der Waals surface area (Å²) >= 11 is 0. The van der Waals surface area contributed by atoms with E-state index in [2.05, 4.69) is 0 Å². The Morgan fingerprint density at radius 3 is 1.53 bits per heavy atom. The van der Waals surface area contributed by atoms with Crippen LogP contribution in [0.1, 0.15) is 49.5 Å². The van der Waals surface area contributed by atoms with Crippen LogP contribution in [0.5, 0.6) is 0 Å². The first-order valence-electron chi connectivity index (χ1n) is 29.0. The number of rotatable bonds is 4. The third-order valence-corrected chi connectivity index (χ3v) is 8.76. The quantitative estimate of drug-likeness (QED) is 0.167. The largest absolute Gasteiger partial charge is 0.0636 e. The van der Waals surface area contributed by atoms with Crippen molar-refractivity contribution in [2.75, 3.05) is 0 Å². The molecule has 0 unspecified atom stereocenters. The van der Waals surface area contributed by atoms with Crippen LogP contribution in [-0.2, 0) is 6.42 Å². The van der Waals surface area contributed by atoms with E-state index in [4.69, 9.17) is 20.6 Å². The average molecular weight is 647 g/mol. The van der Waals surface area contributed by atoms with Crippen LogP contribution >= 0.6 is 0 Å². The van der Waals surface area contributed by atoms with E-state index in [1.54, 1.807) is 0 Å². The summed E-state index contributed by atoms with van der Waals surface area (Å²) in [6.45, 7) is 0. The summed E-state index contributed by atoms with van der Waals surface area (Å²) in [7, 11) is 0. The summed E-state index contributed by atoms with van der Waals surface area (Å²) in [6.07, 6.45) is -0.912. The third-order valence-electron chi connectivity index (χ3n) is 8.76. The van der Waals surface area contributed by atoms with Gasteiger partial charge in [0.15, 0.2) is 0 Å². The second kappa shape index (κ2) is 10.1. The highest BCUT2D eigenvalue weighted by Gasteiger charge is 2.17. The molecule has 49 heavy (non-hydrogen) atoms. The van der Waals surface area contributed by atoms with Gasteiger partial charge >= 0.3 is 0 Å². The van der Waals surface area contributed by atoms with Crippen molar-refractivity contribution >= 4 is 75.4 Å². The number of hydrogen-bond donors (Lipinski definition) is 0. The number of fused-ring (bicyclic) bond motifs is 1. The monoisotopic (exact) mass is 646 g/mol. The van der Waals surface area contributed by atoms with Crippen molar-refractivity contribution in [1.82, 2.24) is 0 Å². The Morgan fingerprint density at radius 1 is 0.306 bits per heavy atom. The molecule has 0 fully saturated rings. The zero-order valence-corrected chi connectivity index (χ0v) is 24.7. The molecule has 0 heteroatoms. The highest BCUT2D eigenvalue weighted by molar-refractivity contribution is 6.26. The molecule has 0 bridgehead atoms. The van der Waals surface area contributed by atoms with Crippen molar-refractivity contribution in [3.63, 3.8) is 0 Å². The Morgan fingerprint density at radius 2 is 0.816 bits per heavy atom. The average Bonchev–Trinajstić information content (AvgIpc) is 3.59. The van der Waals surface area contributed by atoms with E-state index in [9.17, 15) is 17.8 Å². The van der Waals surface area contributed by atoms with Gasteiger partial charge in [-0.25, -0.2) is 0 Å². The second-order valence-electron chi connectivity index (χ2n) is 11.4. The van der Waals surface area contributed by atoms with Crippen LogP contribution in [0.25, 0.3) is 97.7 Å². The van der Waals surface area contributed by atoms with Crippen molar-refractivity contribution in [2.45, 2.75) is 6.42 Å². The van der Waals surface area contributed by atoms with Crippen LogP contribution in [-0.4, -0.2) is 0 Å². The van der Waals surface area contributed by atoms with E-state index in [-0.39, 0.29) is 37.7 Å². The molecule has 0 aliphatic carbocycles. The molecule has 0 aliphatic heterocycles. The lowest BCUT2D eigenvalue weighted by Crippen LogP contribution is -1.95. The van der Waals surface area contributed by atoms with Gasteiger partial charge in [-0.05, 0) is 121 Å². The summed E-state index contributed by atoms with van der Waals surface area (Å²) in [5.74, 6) is 0. The molecule has 0 heterocycles. The Kier molecular flexibility index (Phi) is 2.36. The SMILES string of the molecule is [2H]c1c([2H])c([2H])c(-c2c([2H])c([2H])c3c([2H])c([2H])c4c([2H])c([2H])c([2H])c5c([2H])c([2H])c2c3c45)c(-c2c([2H])c(Cc3c([2H])c([2H])c4c([2H])c([2H])c5c([2H])c([2H])c([2H])c6c([2H])c([2H])c3c4c56)c3c([2H])c([2H])c([2H])c([2H])c3c2[2H])c1[2H]. The molecular weight excluding hydrogens is 589 g/mol. The van der Waals surface area contributed by atoms with Crippen LogP contribution < -0.4 is 0 Å². The van der Waals surface area contributed by atoms with Gasteiger partial charge in [0.1, 0.15) is 0 Å². The van der Waals surface area contributed by atoms with E-state index < -0.39 is 247 Å². The molecule has 11 rings (SSSR count). The standard InChI is InChI=1S/C49H30/c1-2-12-40-36(7-1)27-39(29-38(40)28-37-20-19-34-17-15-30-8-5-10-32-21-24-42(37)48(34)46(30)32)41-13-3-4-14-43(41)44-25-22-35-18-16-31-9-6-11-33-23-26-45(44)49(35)47(31)33/h1-27,29H,28H2/i1D,2D,3D,4D,5D,6D,7D,8D,9D,10D,11D,12D,13D,14D,15D,16D,17D,18D,19D,20D,21D,22D,23D,24D,25D,26D,27D,29D. The maximum absolute atomic E-state index is 10.1. The summed E-state index contributed by atoms with van der Waals surface area (Å²) in [4.78, 5) is 0. The van der Waals surface area contributed by atoms with E-state index in [1.807, 2.05) is 0 Å². The first-order valence-corrected chi connectivity index (χ1v) is 15.0. The lowest BCUT2D eigenvalue weighted by atomic mass is 9.85. The molecule has 0 aliphatic rings. The van der Waals surface area contributed by atoms with Gasteiger partial charge in [-0.1, -0.05) is 163 Å². The van der Waals surface area contributed by atoms with Crippen LogP contribution in [0.15, 0.2) is 169 Å². The van der Waals surface area contributed by atoms with Crippen LogP contribution in [0.2, 0.25) is 0 Å². The zero-order chi connectivity index (χ0) is 56.4. The predicted molar refractivity (Wildman–Crippen MR) is 211 cm³/mol. The third kappa shape index (κ3) is 3.92. The van der Waals surface area contributed by atoms with E-state index in [0.29, 0.717) is 0 Å². The van der Waals surface area contributed by atoms with Gasteiger partial charge in [0, 0.05) is 0 Å². The molecule has 0 N–H and O–H groups in total. The maximum atomic E-state index is 10.1. The fourth-order valence-corrected chi connectivity index (χ4v) is 6.62. The van der Waals surface area contributed by atoms with Crippen molar-refractivity contribution in [3.8, 4) is 22.3 Å². The van der Waals surface area contributed by atoms with Crippen molar-refractivity contribution in [1.29, 1.82) is 0 Å². The highest BCUT2D eigenvalue weighted by Crippen LogP contribution is 2.43. The number of hydrogen-bond acceptors (Lipinski definition) is 0. The minimum Gasteiger partial charge on any atom is -0.0616 e. The molecule has 0 saturated carbocycles. The minimum absolute atomic E-state index is 0.227. The van der Waals surface area contributed by atoms with E-state index in [1.165, 1.54) is 0 Å². The lowest BCUT2D eigenvalue weighted by molar-refractivity contribution is 1.24. The summed E-state index contributed by atoms with van der Waals surface area (Å²) in [5.41, 5.74) is -4.09. The lowest BCUT2D eigenvalue weighted by Gasteiger charge is -2.18. The van der Waals surface area contributed by atoms with Crippen LogP contribution in [0.4, 0.5) is 0 Å². The Labute approximate surface area is 323 Å². The molecule has 0 spiro atoms. The molecule has 11 aromatic carbocycles. The van der Waals surface area contributed by atoms with Crippen LogP contribution in [0, 0.1) is 0 Å². The Balaban J connectivity index is 1.36. The Hall–Kier alpha value is -6.24. The highest BCUT2D eigenvalue weighted by atomic mass is 14.2. The van der Waals surface area contributed by atoms with Gasteiger partial charge < -0.3 is 0 Å². The van der Waals surface area contributed by atoms with Crippen molar-refractivity contribution < 1.29 is 38.4 Å². The minimum atomic E-state index is -1.04. The zero-order valence-electron chi connectivity index (χ0n) is 52.7. The normalized spacial score (nSPS) is 20.2. The molecule has 226 valence electrons. The molecule has 11 aromatic rings. The fourth-order valence-electron chi connectivity index (χ4n) is 6.62. The maximum Gasteiger partial charge on any atom is 0.0636 e. The number of benzene rings is 11. The second-order valence-corrected chi connectivity index (χ2v) is 11.4. The van der Waals surface area contributed by atoms with Crippen molar-refractivity contribution in [3.05, 3.63) is 180 Å². The first kappa shape index (κ1) is 11.4. The van der Waals surface area contributed by atoms with Gasteiger partial charge in [-0.2, -0.15) is 0 Å². The van der Waals surface area contributed by atoms with Gasteiger partial charge in [-0.3, -0.25) is 0 Å². The van der Waals surface area contributed by atoms with Crippen LogP contribution in [0.3, 0.4) is 0 Å². The summed E-state index contributed by atoms with van der Waals surface area (Å²) in [6, 6.07) is -23.1. The van der Waals surface area contributed by atoms with E-state index >= 15 is 0 Å². The summed E-state index contributed by atoms with van der Waals surface area (Å²) in [5, 5.41) is -5.79. The predicted octanol–water partition coefficient (Wildman–Crippen LogP) is 13.6. The molecule has 0 saturated heterocycles. The van der Waals surface area contributed by atoms with E-state index in [0.717, 1.165) is 0 Å². The smallest absolute Gasteiger partial charge is 0.0616 e. The molecule has 0 amide bonds. The molecule has 0 radical (unpaired) electrons. The molecular formula is C49H30. The van der Waals surface area contributed by atoms with Gasteiger partial charge in [0.2, 0.25) is 0 Å². The first-order chi connectivity index (χ1) is 36.0. The summed E-state index contributed by atoms with van der Waals surface area (Å²) < 4.78 is 255. The van der Waals surface area contributed by atoms with Gasteiger partial charge in [-0.15, -0.1) is 0 Å². The molecule has 0 atom stereocenters. The van der Waals surface area contributed by atoms with Gasteiger partial charge in [0.05, 0.1) is 38.4 Å². The fraction of sp³-hybridized carbons (Fsp3) is 0.0204. The topological polar surface area (TPSA) is 0 Å². The van der Waals surface area contributed by atoms with Crippen molar-refractivity contribution in [2.24, 2.45) is 0 Å². The Bertz CT molecular complexity index is 4630. The molecule has 0 aromatic heterocycles. The van der Waals surface area contributed by atoms with Gasteiger partial charge in [0.25, 0.3) is 0 Å². The molecule has 0 nitrogen and oxygen atoms in total.